The number of nitrogens with one attached hydrogen (secondary N) is 1. The number of hydrogen-bond donors (Lipinski definition) is 1. The predicted molar refractivity (Wildman–Crippen MR) is 80.6 cm³/mol. The van der Waals surface area contributed by atoms with Crippen LogP contribution in [-0.2, 0) is 4.79 Å². The Morgan fingerprint density at radius 2 is 1.83 bits per heavy atom. The van der Waals surface area contributed by atoms with Crippen molar-refractivity contribution in [1.82, 2.24) is 0 Å². The monoisotopic (exact) mass is 317 g/mol. The van der Waals surface area contributed by atoms with Gasteiger partial charge in [0.2, 0.25) is 11.7 Å². The number of carbonyl (C=O) groups is 1. The van der Waals surface area contributed by atoms with Crippen LogP contribution < -0.4 is 10.1 Å². The van der Waals surface area contributed by atoms with Gasteiger partial charge in [-0.1, -0.05) is 6.07 Å². The molecule has 1 N–H and O–H groups in total. The van der Waals surface area contributed by atoms with Gasteiger partial charge >= 0.3 is 5.69 Å². The van der Waals surface area contributed by atoms with Crippen LogP contribution in [0.15, 0.2) is 42.5 Å². The van der Waals surface area contributed by atoms with Gasteiger partial charge in [0, 0.05) is 24.7 Å². The standard InChI is InChI=1S/C14H11N3O6/c1-9(18)15-10-3-2-4-12(7-10)23-14-6-5-11(16(19)20)8-13(14)17(21)22/h2-8H,1H3,(H,15,18). The number of carbonyl (C=O) groups excluding carboxylic acids is 1. The Hall–Kier alpha value is -3.49. The number of nitro benzene ring substituents is 2. The average Bonchev–Trinajstić information content (AvgIpc) is 2.46. The van der Waals surface area contributed by atoms with E-state index in [1.54, 1.807) is 12.1 Å². The largest absolute Gasteiger partial charge is 0.450 e. The highest BCUT2D eigenvalue weighted by atomic mass is 16.6. The molecule has 0 unspecified atom stereocenters. The second kappa shape index (κ2) is 6.52. The fraction of sp³-hybridized carbons (Fsp3) is 0.0714. The highest BCUT2D eigenvalue weighted by molar-refractivity contribution is 5.88. The van der Waals surface area contributed by atoms with Crippen LogP contribution in [0.1, 0.15) is 6.92 Å². The van der Waals surface area contributed by atoms with Gasteiger partial charge in [-0.25, -0.2) is 0 Å². The molecule has 0 radical (unpaired) electrons. The molecule has 9 nitrogen and oxygen atoms in total. The highest BCUT2D eigenvalue weighted by Crippen LogP contribution is 2.34. The zero-order valence-corrected chi connectivity index (χ0v) is 11.9. The van der Waals surface area contributed by atoms with Gasteiger partial charge in [0.1, 0.15) is 5.75 Å². The Bertz CT molecular complexity index is 790. The normalized spacial score (nSPS) is 9.96. The Kier molecular flexibility index (Phi) is 4.50. The quantitative estimate of drug-likeness (QED) is 0.666. The fourth-order valence-electron chi connectivity index (χ4n) is 1.82. The summed E-state index contributed by atoms with van der Waals surface area (Å²) in [6, 6.07) is 9.33. The topological polar surface area (TPSA) is 125 Å². The fourth-order valence-corrected chi connectivity index (χ4v) is 1.82. The molecule has 0 saturated carbocycles. The zero-order valence-electron chi connectivity index (χ0n) is 11.9. The van der Waals surface area contributed by atoms with E-state index in [-0.39, 0.29) is 17.4 Å². The maximum Gasteiger partial charge on any atom is 0.318 e. The number of non-ortho nitro benzene ring substituents is 1. The van der Waals surface area contributed by atoms with Gasteiger partial charge in [0.25, 0.3) is 5.69 Å². The second-order valence-electron chi connectivity index (χ2n) is 4.48. The van der Waals surface area contributed by atoms with Crippen molar-refractivity contribution >= 4 is 23.0 Å². The molecular formula is C14H11N3O6. The van der Waals surface area contributed by atoms with Gasteiger partial charge in [0.15, 0.2) is 0 Å². The minimum absolute atomic E-state index is 0.138. The van der Waals surface area contributed by atoms with Crippen molar-refractivity contribution in [2.45, 2.75) is 6.92 Å². The smallest absolute Gasteiger partial charge is 0.318 e. The minimum atomic E-state index is -0.764. The molecule has 23 heavy (non-hydrogen) atoms. The van der Waals surface area contributed by atoms with Crippen molar-refractivity contribution < 1.29 is 19.4 Å². The third-order valence-electron chi connectivity index (χ3n) is 2.73. The van der Waals surface area contributed by atoms with Gasteiger partial charge in [0.05, 0.1) is 15.9 Å². The summed E-state index contributed by atoms with van der Waals surface area (Å²) in [5.74, 6) is -0.169. The van der Waals surface area contributed by atoms with Crippen LogP contribution in [0.5, 0.6) is 11.5 Å². The predicted octanol–water partition coefficient (Wildman–Crippen LogP) is 3.25. The van der Waals surface area contributed by atoms with Crippen molar-refractivity contribution in [1.29, 1.82) is 0 Å². The number of ether oxygens (including phenoxy) is 1. The van der Waals surface area contributed by atoms with E-state index in [0.29, 0.717) is 5.69 Å². The second-order valence-corrected chi connectivity index (χ2v) is 4.48. The van der Waals surface area contributed by atoms with E-state index >= 15 is 0 Å². The van der Waals surface area contributed by atoms with Gasteiger partial charge < -0.3 is 10.1 Å². The summed E-state index contributed by atoms with van der Waals surface area (Å²) in [6.07, 6.45) is 0. The van der Waals surface area contributed by atoms with Crippen molar-refractivity contribution in [3.8, 4) is 11.5 Å². The summed E-state index contributed by atoms with van der Waals surface area (Å²) in [6.45, 7) is 1.34. The summed E-state index contributed by atoms with van der Waals surface area (Å²) >= 11 is 0. The Morgan fingerprint density at radius 1 is 1.09 bits per heavy atom. The number of benzene rings is 2. The number of nitrogens with zero attached hydrogens (tertiary/aromatic N) is 2. The molecule has 0 spiro atoms. The van der Waals surface area contributed by atoms with Gasteiger partial charge in [-0.15, -0.1) is 0 Å². The first-order valence-electron chi connectivity index (χ1n) is 6.35. The molecule has 0 aliphatic heterocycles. The molecule has 0 bridgehead atoms. The molecule has 0 aromatic heterocycles. The van der Waals surface area contributed by atoms with Crippen LogP contribution in [-0.4, -0.2) is 15.8 Å². The van der Waals surface area contributed by atoms with Crippen molar-refractivity contribution in [2.75, 3.05) is 5.32 Å². The first kappa shape index (κ1) is 15.9. The van der Waals surface area contributed by atoms with E-state index in [1.165, 1.54) is 19.1 Å². The lowest BCUT2D eigenvalue weighted by Crippen LogP contribution is -2.05. The number of anilines is 1. The van der Waals surface area contributed by atoms with E-state index in [2.05, 4.69) is 5.32 Å². The number of rotatable bonds is 5. The third-order valence-corrected chi connectivity index (χ3v) is 2.73. The first-order valence-corrected chi connectivity index (χ1v) is 6.35. The van der Waals surface area contributed by atoms with Gasteiger partial charge in [-0.3, -0.25) is 25.0 Å². The molecular weight excluding hydrogens is 306 g/mol. The maximum atomic E-state index is 11.0. The van der Waals surface area contributed by atoms with Gasteiger partial charge in [-0.05, 0) is 18.2 Å². The van der Waals surface area contributed by atoms with E-state index in [1.807, 2.05) is 0 Å². The van der Waals surface area contributed by atoms with Crippen molar-refractivity contribution in [2.24, 2.45) is 0 Å². The van der Waals surface area contributed by atoms with Crippen LogP contribution in [0.25, 0.3) is 0 Å². The number of nitro groups is 2. The third kappa shape index (κ3) is 4.00. The lowest BCUT2D eigenvalue weighted by molar-refractivity contribution is -0.394. The molecule has 2 aromatic rings. The van der Waals surface area contributed by atoms with E-state index in [9.17, 15) is 25.0 Å². The maximum absolute atomic E-state index is 11.0. The molecule has 118 valence electrons. The molecule has 0 saturated heterocycles. The minimum Gasteiger partial charge on any atom is -0.450 e. The highest BCUT2D eigenvalue weighted by Gasteiger charge is 2.21. The molecule has 2 aromatic carbocycles. The summed E-state index contributed by atoms with van der Waals surface area (Å²) in [5.41, 5.74) is -0.472. The molecule has 9 heteroatoms. The SMILES string of the molecule is CC(=O)Nc1cccc(Oc2ccc([N+](=O)[O-])cc2[N+](=O)[O-])c1. The molecule has 0 heterocycles. The Morgan fingerprint density at radius 3 is 2.43 bits per heavy atom. The molecule has 0 atom stereocenters. The van der Waals surface area contributed by atoms with E-state index in [4.69, 9.17) is 4.74 Å². The molecule has 0 fully saturated rings. The molecule has 2 rings (SSSR count). The van der Waals surface area contributed by atoms with Crippen LogP contribution in [0.3, 0.4) is 0 Å². The average molecular weight is 317 g/mol. The summed E-state index contributed by atoms with van der Waals surface area (Å²) in [5, 5.41) is 24.3. The lowest BCUT2D eigenvalue weighted by Gasteiger charge is -2.08. The van der Waals surface area contributed by atoms with Crippen LogP contribution >= 0.6 is 0 Å². The molecule has 0 aliphatic carbocycles. The summed E-state index contributed by atoms with van der Waals surface area (Å²) in [4.78, 5) is 31.3. The van der Waals surface area contributed by atoms with Crippen LogP contribution in [0.4, 0.5) is 17.1 Å². The van der Waals surface area contributed by atoms with Crippen molar-refractivity contribution in [3.05, 3.63) is 62.7 Å². The number of amides is 1. The van der Waals surface area contributed by atoms with Crippen molar-refractivity contribution in [3.63, 3.8) is 0 Å². The zero-order chi connectivity index (χ0) is 17.0. The molecule has 0 aliphatic rings. The number of hydrogen-bond acceptors (Lipinski definition) is 6. The van der Waals surface area contributed by atoms with Crippen LogP contribution in [0, 0.1) is 20.2 Å². The Balaban J connectivity index is 2.34. The van der Waals surface area contributed by atoms with Crippen LogP contribution in [0.2, 0.25) is 0 Å². The first-order chi connectivity index (χ1) is 10.9. The summed E-state index contributed by atoms with van der Waals surface area (Å²) in [7, 11) is 0. The Labute approximate surface area is 129 Å². The lowest BCUT2D eigenvalue weighted by atomic mass is 10.2. The molecule has 1 amide bonds. The van der Waals surface area contributed by atoms with E-state index < -0.39 is 21.2 Å². The van der Waals surface area contributed by atoms with Gasteiger partial charge in [-0.2, -0.15) is 0 Å². The summed E-state index contributed by atoms with van der Waals surface area (Å²) < 4.78 is 5.41. The van der Waals surface area contributed by atoms with E-state index in [0.717, 1.165) is 18.2 Å².